The van der Waals surface area contributed by atoms with Gasteiger partial charge in [-0.1, -0.05) is 20.8 Å². The number of morpholine rings is 1. The number of carbonyl (C=O) groups is 1. The number of guanidine groups is 1. The summed E-state index contributed by atoms with van der Waals surface area (Å²) >= 11 is 0. The van der Waals surface area contributed by atoms with E-state index in [9.17, 15) is 4.79 Å². The average molecular weight is 340 g/mol. The van der Waals surface area contributed by atoms with Gasteiger partial charge in [-0.2, -0.15) is 0 Å². The van der Waals surface area contributed by atoms with Gasteiger partial charge in [-0.3, -0.25) is 9.79 Å². The van der Waals surface area contributed by atoms with E-state index in [1.807, 2.05) is 20.8 Å². The van der Waals surface area contributed by atoms with Gasteiger partial charge < -0.3 is 25.0 Å². The Morgan fingerprint density at radius 1 is 1.17 bits per heavy atom. The molecule has 2 aliphatic heterocycles. The van der Waals surface area contributed by atoms with Gasteiger partial charge in [0.15, 0.2) is 5.96 Å². The molecule has 2 atom stereocenters. The van der Waals surface area contributed by atoms with Gasteiger partial charge in [-0.25, -0.2) is 0 Å². The Morgan fingerprint density at radius 3 is 2.50 bits per heavy atom. The van der Waals surface area contributed by atoms with E-state index in [1.165, 1.54) is 0 Å². The van der Waals surface area contributed by atoms with Gasteiger partial charge in [0.2, 0.25) is 5.91 Å². The van der Waals surface area contributed by atoms with E-state index in [1.54, 1.807) is 7.05 Å². The number of rotatable bonds is 4. The number of carbonyl (C=O) groups excluding carboxylic acids is 1. The van der Waals surface area contributed by atoms with Crippen LogP contribution < -0.4 is 10.6 Å². The molecule has 0 saturated carbocycles. The van der Waals surface area contributed by atoms with Crippen LogP contribution in [0, 0.1) is 5.41 Å². The van der Waals surface area contributed by atoms with Gasteiger partial charge >= 0.3 is 0 Å². The van der Waals surface area contributed by atoms with E-state index >= 15 is 0 Å². The molecule has 0 radical (unpaired) electrons. The average Bonchev–Trinajstić information content (AvgIpc) is 3.08. The SMILES string of the molecule is CN=C(NCCNC(=O)C(C)(C)C)N1CCOC(C2CCCO2)C1. The first-order valence-electron chi connectivity index (χ1n) is 8.89. The summed E-state index contributed by atoms with van der Waals surface area (Å²) in [4.78, 5) is 18.4. The van der Waals surface area contributed by atoms with E-state index in [4.69, 9.17) is 9.47 Å². The van der Waals surface area contributed by atoms with Crippen LogP contribution in [0.5, 0.6) is 0 Å². The molecular formula is C17H32N4O3. The summed E-state index contributed by atoms with van der Waals surface area (Å²) in [6.45, 7) is 10.1. The second-order valence-electron chi connectivity index (χ2n) is 7.39. The molecule has 0 bridgehead atoms. The molecule has 2 heterocycles. The summed E-state index contributed by atoms with van der Waals surface area (Å²) in [6.07, 6.45) is 2.51. The van der Waals surface area contributed by atoms with E-state index in [-0.39, 0.29) is 23.5 Å². The molecule has 0 aromatic carbocycles. The second kappa shape index (κ2) is 8.67. The van der Waals surface area contributed by atoms with Crippen LogP contribution in [0.2, 0.25) is 0 Å². The number of hydrogen-bond acceptors (Lipinski definition) is 4. The number of nitrogens with one attached hydrogen (secondary N) is 2. The lowest BCUT2D eigenvalue weighted by Gasteiger charge is -2.37. The Balaban J connectivity index is 1.75. The largest absolute Gasteiger partial charge is 0.375 e. The molecule has 24 heavy (non-hydrogen) atoms. The zero-order valence-corrected chi connectivity index (χ0v) is 15.4. The third-order valence-electron chi connectivity index (χ3n) is 4.36. The summed E-state index contributed by atoms with van der Waals surface area (Å²) in [6, 6.07) is 0. The summed E-state index contributed by atoms with van der Waals surface area (Å²) < 4.78 is 11.6. The van der Waals surface area contributed by atoms with Crippen LogP contribution in [-0.2, 0) is 14.3 Å². The molecule has 0 aliphatic carbocycles. The Hall–Kier alpha value is -1.34. The van der Waals surface area contributed by atoms with Crippen LogP contribution in [0.3, 0.4) is 0 Å². The predicted octanol–water partition coefficient (Wildman–Crippen LogP) is 0.604. The van der Waals surface area contributed by atoms with Gasteiger partial charge in [0.25, 0.3) is 0 Å². The Bertz CT molecular complexity index is 442. The van der Waals surface area contributed by atoms with E-state index < -0.39 is 0 Å². The maximum Gasteiger partial charge on any atom is 0.225 e. The highest BCUT2D eigenvalue weighted by molar-refractivity contribution is 5.82. The van der Waals surface area contributed by atoms with Crippen LogP contribution in [0.15, 0.2) is 4.99 Å². The number of amides is 1. The van der Waals surface area contributed by atoms with Crippen molar-refractivity contribution >= 4 is 11.9 Å². The first kappa shape index (κ1) is 19.0. The highest BCUT2D eigenvalue weighted by Gasteiger charge is 2.32. The minimum Gasteiger partial charge on any atom is -0.375 e. The highest BCUT2D eigenvalue weighted by Crippen LogP contribution is 2.21. The zero-order chi connectivity index (χ0) is 17.6. The van der Waals surface area contributed by atoms with Crippen LogP contribution in [-0.4, -0.2) is 75.4 Å². The topological polar surface area (TPSA) is 75.2 Å². The smallest absolute Gasteiger partial charge is 0.225 e. The Kier molecular flexibility index (Phi) is 6.86. The van der Waals surface area contributed by atoms with Crippen molar-refractivity contribution in [3.05, 3.63) is 0 Å². The van der Waals surface area contributed by atoms with Crippen molar-refractivity contribution < 1.29 is 14.3 Å². The Morgan fingerprint density at radius 2 is 1.88 bits per heavy atom. The van der Waals surface area contributed by atoms with Crippen molar-refractivity contribution in [2.75, 3.05) is 46.4 Å². The lowest BCUT2D eigenvalue weighted by atomic mass is 9.96. The second-order valence-corrected chi connectivity index (χ2v) is 7.39. The van der Waals surface area contributed by atoms with Gasteiger partial charge in [0, 0.05) is 45.2 Å². The molecule has 0 spiro atoms. The standard InChI is InChI=1S/C17H32N4O3/c1-17(2,3)15(22)19-7-8-20-16(18-4)21-9-11-24-14(12-21)13-6-5-10-23-13/h13-14H,5-12H2,1-4H3,(H,18,20)(H,19,22). The maximum atomic E-state index is 11.9. The first-order valence-corrected chi connectivity index (χ1v) is 8.89. The minimum absolute atomic E-state index is 0.0594. The van der Waals surface area contributed by atoms with Crippen LogP contribution >= 0.6 is 0 Å². The van der Waals surface area contributed by atoms with E-state index in [0.717, 1.165) is 38.5 Å². The fourth-order valence-corrected chi connectivity index (χ4v) is 2.94. The maximum absolute atomic E-state index is 11.9. The summed E-state index contributed by atoms with van der Waals surface area (Å²) in [5.41, 5.74) is -0.361. The molecule has 2 saturated heterocycles. The van der Waals surface area contributed by atoms with Crippen molar-refractivity contribution in [3.8, 4) is 0 Å². The van der Waals surface area contributed by atoms with Gasteiger partial charge in [-0.05, 0) is 12.8 Å². The highest BCUT2D eigenvalue weighted by atomic mass is 16.5. The summed E-state index contributed by atoms with van der Waals surface area (Å²) in [5, 5.41) is 6.26. The van der Waals surface area contributed by atoms with E-state index in [2.05, 4.69) is 20.5 Å². The minimum atomic E-state index is -0.361. The molecule has 0 aromatic rings. The molecule has 1 amide bonds. The molecule has 7 nitrogen and oxygen atoms in total. The third-order valence-corrected chi connectivity index (χ3v) is 4.36. The Labute approximate surface area is 145 Å². The van der Waals surface area contributed by atoms with Crippen molar-refractivity contribution in [2.24, 2.45) is 10.4 Å². The molecule has 2 N–H and O–H groups in total. The van der Waals surface area contributed by atoms with Crippen LogP contribution in [0.4, 0.5) is 0 Å². The van der Waals surface area contributed by atoms with Crippen molar-refractivity contribution in [1.29, 1.82) is 0 Å². The summed E-state index contributed by atoms with van der Waals surface area (Å²) in [5.74, 6) is 0.912. The number of hydrogen-bond donors (Lipinski definition) is 2. The molecule has 2 fully saturated rings. The van der Waals surface area contributed by atoms with Gasteiger partial charge in [-0.15, -0.1) is 0 Å². The number of aliphatic imine (C=N–C) groups is 1. The van der Waals surface area contributed by atoms with Crippen LogP contribution in [0.1, 0.15) is 33.6 Å². The predicted molar refractivity (Wildman–Crippen MR) is 94.1 cm³/mol. The first-order chi connectivity index (χ1) is 11.4. The summed E-state index contributed by atoms with van der Waals surface area (Å²) in [7, 11) is 1.78. The molecule has 0 aromatic heterocycles. The lowest BCUT2D eigenvalue weighted by Crippen LogP contribution is -2.54. The number of nitrogens with zero attached hydrogens (tertiary/aromatic N) is 2. The molecule has 2 aliphatic rings. The zero-order valence-electron chi connectivity index (χ0n) is 15.4. The quantitative estimate of drug-likeness (QED) is 0.445. The van der Waals surface area contributed by atoms with Gasteiger partial charge in [0.1, 0.15) is 6.10 Å². The monoisotopic (exact) mass is 340 g/mol. The molecular weight excluding hydrogens is 308 g/mol. The normalized spacial score (nSPS) is 25.7. The van der Waals surface area contributed by atoms with Crippen LogP contribution in [0.25, 0.3) is 0 Å². The third kappa shape index (κ3) is 5.34. The molecule has 7 heteroatoms. The van der Waals surface area contributed by atoms with Crippen molar-refractivity contribution in [2.45, 2.75) is 45.8 Å². The number of ether oxygens (including phenoxy) is 2. The van der Waals surface area contributed by atoms with E-state index in [0.29, 0.717) is 19.7 Å². The van der Waals surface area contributed by atoms with Crippen molar-refractivity contribution in [3.63, 3.8) is 0 Å². The molecule has 138 valence electrons. The lowest BCUT2D eigenvalue weighted by molar-refractivity contribution is -0.128. The fourth-order valence-electron chi connectivity index (χ4n) is 2.94. The molecule has 2 rings (SSSR count). The molecule has 2 unspecified atom stereocenters. The van der Waals surface area contributed by atoms with Gasteiger partial charge in [0.05, 0.1) is 12.7 Å². The van der Waals surface area contributed by atoms with Crippen molar-refractivity contribution in [1.82, 2.24) is 15.5 Å². The fraction of sp³-hybridized carbons (Fsp3) is 0.882.